The Bertz CT molecular complexity index is 1010. The lowest BCUT2D eigenvalue weighted by Gasteiger charge is -2.47. The number of aliphatic carboxylic acids is 2. The minimum atomic E-state index is -1.91. The molecule has 2 aliphatic heterocycles. The molecule has 14 N–H and O–H groups in total. The third-order valence-electron chi connectivity index (χ3n) is 8.23. The first-order chi connectivity index (χ1) is 22.4. The summed E-state index contributed by atoms with van der Waals surface area (Å²) in [7, 11) is 0. The van der Waals surface area contributed by atoms with E-state index in [4.69, 9.17) is 20.9 Å². The number of rotatable bonds is 19. The largest absolute Gasteiger partial charge is 0.478 e. The number of aliphatic hydroxyl groups is 6. The van der Waals surface area contributed by atoms with E-state index in [9.17, 15) is 60.0 Å². The number of carboxylic acids is 2. The summed E-state index contributed by atoms with van der Waals surface area (Å²) >= 11 is 1.88. The van der Waals surface area contributed by atoms with E-state index >= 15 is 0 Å². The average molecular weight is 731 g/mol. The molecular weight excluding hydrogens is 680 g/mol. The van der Waals surface area contributed by atoms with Crippen molar-refractivity contribution in [2.24, 2.45) is 11.5 Å². The second kappa shape index (κ2) is 19.0. The van der Waals surface area contributed by atoms with Crippen LogP contribution in [-0.4, -0.2) is 160 Å². The maximum Gasteiger partial charge on any atom is 0.346 e. The summed E-state index contributed by atoms with van der Waals surface area (Å²) in [5.41, 5.74) is 12.5. The maximum absolute atomic E-state index is 12.4. The van der Waals surface area contributed by atoms with Gasteiger partial charge in [-0.1, -0.05) is 12.8 Å². The molecule has 0 spiro atoms. The van der Waals surface area contributed by atoms with Gasteiger partial charge in [0, 0.05) is 38.8 Å². The molecule has 0 aromatic heterocycles. The van der Waals surface area contributed by atoms with Crippen molar-refractivity contribution in [3.05, 3.63) is 0 Å². The van der Waals surface area contributed by atoms with Crippen molar-refractivity contribution in [1.29, 1.82) is 0 Å². The molecule has 2 rings (SSSR count). The van der Waals surface area contributed by atoms with Gasteiger partial charge in [-0.2, -0.15) is 0 Å². The molecule has 2 aliphatic rings. The first-order valence-electron chi connectivity index (χ1n) is 15.5. The Balaban J connectivity index is 1.99. The molecule has 2 amide bonds. The quantitative estimate of drug-likeness (QED) is 0.0568. The Morgan fingerprint density at radius 1 is 0.708 bits per heavy atom. The number of thioether (sulfide) groups is 2. The Morgan fingerprint density at radius 2 is 1.04 bits per heavy atom. The molecular formula is C28H50N4O14S2. The first kappa shape index (κ1) is 42.3. The summed E-state index contributed by atoms with van der Waals surface area (Å²) in [6.07, 6.45) is -7.92. The van der Waals surface area contributed by atoms with Crippen LogP contribution in [0.25, 0.3) is 0 Å². The summed E-state index contributed by atoms with van der Waals surface area (Å²) in [6.45, 7) is 0.736. The van der Waals surface area contributed by atoms with Crippen LogP contribution in [0.1, 0.15) is 52.4 Å². The first-order valence-corrected chi connectivity index (χ1v) is 17.5. The van der Waals surface area contributed by atoms with Gasteiger partial charge >= 0.3 is 11.9 Å². The van der Waals surface area contributed by atoms with Gasteiger partial charge in [-0.25, -0.2) is 9.59 Å². The van der Waals surface area contributed by atoms with E-state index < -0.39 is 108 Å². The summed E-state index contributed by atoms with van der Waals surface area (Å²) in [5, 5.41) is 85.1. The van der Waals surface area contributed by atoms with E-state index in [1.54, 1.807) is 0 Å². The van der Waals surface area contributed by atoms with E-state index in [-0.39, 0.29) is 24.3 Å². The highest BCUT2D eigenvalue weighted by atomic mass is 32.2. The number of ether oxygens (including phenoxy) is 2. The Morgan fingerprint density at radius 3 is 1.31 bits per heavy atom. The molecule has 0 bridgehead atoms. The summed E-state index contributed by atoms with van der Waals surface area (Å²) in [6, 6.07) is -4.00. The SMILES string of the molecule is CC(=O)N[C@H]1[C@H]([C@@H](O)[C@@H](O)CO)O[C@@](SCCCCCCS[C@]2(C(=O)O)C[C@H](N)[C@@H](NC(C)=O)[C@H]([C@@H](O)[C@@H](O)CO)O2)(C(=O)O)C[C@@H]1N. The van der Waals surface area contributed by atoms with Crippen molar-refractivity contribution >= 4 is 47.3 Å². The number of carbonyl (C=O) groups is 4. The van der Waals surface area contributed by atoms with Crippen molar-refractivity contribution in [3.8, 4) is 0 Å². The monoisotopic (exact) mass is 730 g/mol. The number of amides is 2. The fourth-order valence-electron chi connectivity index (χ4n) is 5.73. The smallest absolute Gasteiger partial charge is 0.346 e. The highest BCUT2D eigenvalue weighted by Gasteiger charge is 2.55. The van der Waals surface area contributed by atoms with Gasteiger partial charge in [0.25, 0.3) is 0 Å². The van der Waals surface area contributed by atoms with Crippen LogP contribution in [0.2, 0.25) is 0 Å². The molecule has 0 aromatic carbocycles. The molecule has 2 saturated heterocycles. The lowest BCUT2D eigenvalue weighted by atomic mass is 9.88. The number of nitrogens with two attached hydrogens (primary N) is 2. The zero-order chi connectivity index (χ0) is 36.4. The normalized spacial score (nSPS) is 33.2. The highest BCUT2D eigenvalue weighted by molar-refractivity contribution is 8.01. The second-order valence-corrected chi connectivity index (χ2v) is 14.8. The van der Waals surface area contributed by atoms with E-state index in [1.807, 2.05) is 0 Å². The van der Waals surface area contributed by atoms with Crippen LogP contribution in [0, 0.1) is 0 Å². The van der Waals surface area contributed by atoms with E-state index in [0.29, 0.717) is 25.7 Å². The number of nitrogens with one attached hydrogen (secondary N) is 2. The van der Waals surface area contributed by atoms with Crippen LogP contribution >= 0.6 is 23.5 Å². The molecule has 2 heterocycles. The number of hydrogen-bond acceptors (Lipinski definition) is 16. The van der Waals surface area contributed by atoms with Crippen molar-refractivity contribution in [3.63, 3.8) is 0 Å². The topological polar surface area (TPSA) is 325 Å². The molecule has 0 unspecified atom stereocenters. The average Bonchev–Trinajstić information content (AvgIpc) is 3.02. The van der Waals surface area contributed by atoms with Gasteiger partial charge in [-0.15, -0.1) is 23.5 Å². The lowest BCUT2D eigenvalue weighted by molar-refractivity contribution is -0.192. The minimum absolute atomic E-state index is 0.222. The summed E-state index contributed by atoms with van der Waals surface area (Å²) in [5.74, 6) is -3.17. The maximum atomic E-state index is 12.4. The van der Waals surface area contributed by atoms with Gasteiger partial charge in [0.05, 0.1) is 25.3 Å². The Hall–Kier alpha value is -1.82. The molecule has 0 radical (unpaired) electrons. The van der Waals surface area contributed by atoms with Crippen molar-refractivity contribution in [1.82, 2.24) is 10.6 Å². The van der Waals surface area contributed by atoms with Crippen molar-refractivity contribution in [2.75, 3.05) is 24.7 Å². The lowest BCUT2D eigenvalue weighted by Crippen LogP contribution is -2.68. The molecule has 0 aromatic rings. The molecule has 48 heavy (non-hydrogen) atoms. The molecule has 278 valence electrons. The van der Waals surface area contributed by atoms with Crippen LogP contribution in [0.3, 0.4) is 0 Å². The number of unbranched alkanes of at least 4 members (excludes halogenated alkanes) is 3. The Kier molecular flexibility index (Phi) is 16.7. The summed E-state index contributed by atoms with van der Waals surface area (Å²) < 4.78 is 11.7. The van der Waals surface area contributed by atoms with Crippen LogP contribution in [0.15, 0.2) is 0 Å². The predicted octanol–water partition coefficient (Wildman–Crippen LogP) is -3.75. The van der Waals surface area contributed by atoms with Gasteiger partial charge in [0.1, 0.15) is 36.6 Å². The molecule has 0 saturated carbocycles. The fourth-order valence-corrected chi connectivity index (χ4v) is 8.31. The van der Waals surface area contributed by atoms with Crippen LogP contribution in [-0.2, 0) is 28.7 Å². The second-order valence-electron chi connectivity index (χ2n) is 12.1. The number of aliphatic hydroxyl groups excluding tert-OH is 6. The molecule has 12 atom stereocenters. The number of carboxylic acid groups (broad SMARTS) is 2. The van der Waals surface area contributed by atoms with Crippen LogP contribution in [0.5, 0.6) is 0 Å². The van der Waals surface area contributed by atoms with Crippen LogP contribution in [0.4, 0.5) is 0 Å². The van der Waals surface area contributed by atoms with Gasteiger partial charge in [-0.3, -0.25) is 9.59 Å². The standard InChI is InChI=1S/C28H50N4O14S2/c1-13(35)31-19-15(29)9-27(25(41)42,45-23(19)21(39)17(37)11-33)47-7-5-3-4-6-8-48-28(26(43)44)10-16(30)20(32-14(2)36)24(46-28)22(40)18(38)12-34/h15-24,33-34,37-40H,3-12,29-30H2,1-2H3,(H,31,35)(H,32,36)(H,41,42)(H,43,44)/t15-,16-,17-,18-,19+,20+,21-,22-,23+,24+,27-,28-/m0/s1. The van der Waals surface area contributed by atoms with Gasteiger partial charge < -0.3 is 72.4 Å². The zero-order valence-electron chi connectivity index (χ0n) is 26.8. The van der Waals surface area contributed by atoms with Gasteiger partial charge in [0.15, 0.2) is 0 Å². The number of carbonyl (C=O) groups excluding carboxylic acids is 2. The van der Waals surface area contributed by atoms with Gasteiger partial charge in [0.2, 0.25) is 21.7 Å². The number of hydrogen-bond donors (Lipinski definition) is 12. The molecule has 2 fully saturated rings. The molecule has 18 nitrogen and oxygen atoms in total. The third kappa shape index (κ3) is 10.8. The zero-order valence-corrected chi connectivity index (χ0v) is 28.5. The van der Waals surface area contributed by atoms with Crippen molar-refractivity contribution < 1.29 is 69.5 Å². The summed E-state index contributed by atoms with van der Waals surface area (Å²) in [4.78, 5) is 44.5. The highest BCUT2D eigenvalue weighted by Crippen LogP contribution is 2.42. The van der Waals surface area contributed by atoms with E-state index in [2.05, 4.69) is 10.6 Å². The molecule has 20 heteroatoms. The minimum Gasteiger partial charge on any atom is -0.478 e. The van der Waals surface area contributed by atoms with E-state index in [1.165, 1.54) is 13.8 Å². The van der Waals surface area contributed by atoms with Crippen LogP contribution < -0.4 is 22.1 Å². The third-order valence-corrected chi connectivity index (χ3v) is 11.0. The van der Waals surface area contributed by atoms with Gasteiger partial charge in [-0.05, 0) is 24.3 Å². The van der Waals surface area contributed by atoms with Crippen molar-refractivity contribution in [2.45, 2.75) is 123 Å². The predicted molar refractivity (Wildman–Crippen MR) is 172 cm³/mol. The molecule has 0 aliphatic carbocycles. The fraction of sp³-hybridized carbons (Fsp3) is 0.857. The Labute approximate surface area is 286 Å². The van der Waals surface area contributed by atoms with E-state index in [0.717, 1.165) is 23.5 Å².